The highest BCUT2D eigenvalue weighted by atomic mass is 35.5. The molecule has 21 heavy (non-hydrogen) atoms. The zero-order chi connectivity index (χ0) is 15.2. The van der Waals surface area contributed by atoms with Crippen LogP contribution >= 0.6 is 11.6 Å². The molecule has 2 rings (SSSR count). The summed E-state index contributed by atoms with van der Waals surface area (Å²) < 4.78 is 5.53. The molecule has 5 heteroatoms. The standard InChI is InChI=1S/C16H13ClN2O2/c1-11(21-15-9-5-3-7-13(15)17)16(20)19-14-8-4-2-6-12(14)10-18/h2-9,11H,1H3,(H,19,20)/t11-/m1/s1. The number of hydrogen-bond donors (Lipinski definition) is 1. The van der Waals surface area contributed by atoms with E-state index in [0.29, 0.717) is 22.0 Å². The summed E-state index contributed by atoms with van der Waals surface area (Å²) in [5.41, 5.74) is 0.857. The number of halogens is 1. The maximum Gasteiger partial charge on any atom is 0.265 e. The minimum absolute atomic E-state index is 0.349. The minimum Gasteiger partial charge on any atom is -0.479 e. The first-order chi connectivity index (χ1) is 10.1. The largest absolute Gasteiger partial charge is 0.479 e. The second kappa shape index (κ2) is 6.78. The number of carbonyl (C=O) groups is 1. The van der Waals surface area contributed by atoms with Gasteiger partial charge in [-0.15, -0.1) is 0 Å². The van der Waals surface area contributed by atoms with E-state index in [2.05, 4.69) is 5.32 Å². The summed E-state index contributed by atoms with van der Waals surface area (Å²) in [5, 5.41) is 12.1. The molecule has 0 fully saturated rings. The van der Waals surface area contributed by atoms with Crippen LogP contribution in [-0.2, 0) is 4.79 Å². The lowest BCUT2D eigenvalue weighted by Gasteiger charge is -2.16. The van der Waals surface area contributed by atoms with Gasteiger partial charge in [0.05, 0.1) is 16.3 Å². The summed E-state index contributed by atoms with van der Waals surface area (Å²) >= 11 is 5.98. The molecule has 106 valence electrons. The minimum atomic E-state index is -0.739. The van der Waals surface area contributed by atoms with Gasteiger partial charge in [0, 0.05) is 0 Å². The van der Waals surface area contributed by atoms with Gasteiger partial charge in [0.2, 0.25) is 0 Å². The van der Waals surface area contributed by atoms with Crippen LogP contribution in [0.4, 0.5) is 5.69 Å². The van der Waals surface area contributed by atoms with Crippen LogP contribution in [0.1, 0.15) is 12.5 Å². The van der Waals surface area contributed by atoms with Crippen LogP contribution in [0.15, 0.2) is 48.5 Å². The van der Waals surface area contributed by atoms with Crippen LogP contribution < -0.4 is 10.1 Å². The Balaban J connectivity index is 2.07. The Bertz CT molecular complexity index is 695. The molecule has 1 N–H and O–H groups in total. The number of nitrogens with one attached hydrogen (secondary N) is 1. The molecular formula is C16H13ClN2O2. The second-order valence-corrected chi connectivity index (χ2v) is 4.74. The number of carbonyl (C=O) groups excluding carboxylic acids is 1. The van der Waals surface area contributed by atoms with E-state index in [1.165, 1.54) is 0 Å². The van der Waals surface area contributed by atoms with Gasteiger partial charge in [-0.25, -0.2) is 0 Å². The van der Waals surface area contributed by atoms with Gasteiger partial charge in [-0.2, -0.15) is 5.26 Å². The summed E-state index contributed by atoms with van der Waals surface area (Å²) in [5.74, 6) is 0.0907. The molecule has 0 aliphatic heterocycles. The van der Waals surface area contributed by atoms with Gasteiger partial charge < -0.3 is 10.1 Å². The molecule has 0 bridgehead atoms. The van der Waals surface area contributed by atoms with Crippen molar-refractivity contribution in [2.24, 2.45) is 0 Å². The van der Waals surface area contributed by atoms with Gasteiger partial charge in [0.25, 0.3) is 5.91 Å². The Hall–Kier alpha value is -2.51. The van der Waals surface area contributed by atoms with E-state index in [1.54, 1.807) is 55.5 Å². The topological polar surface area (TPSA) is 62.1 Å². The van der Waals surface area contributed by atoms with Crippen LogP contribution in [-0.4, -0.2) is 12.0 Å². The number of amides is 1. The van der Waals surface area contributed by atoms with Crippen molar-refractivity contribution in [2.45, 2.75) is 13.0 Å². The third kappa shape index (κ3) is 3.74. The van der Waals surface area contributed by atoms with Gasteiger partial charge in [-0.05, 0) is 31.2 Å². The fourth-order valence-electron chi connectivity index (χ4n) is 1.71. The first-order valence-electron chi connectivity index (χ1n) is 6.33. The SMILES string of the molecule is C[C@@H](Oc1ccccc1Cl)C(=O)Nc1ccccc1C#N. The average molecular weight is 301 g/mol. The van der Waals surface area contributed by atoms with Crippen LogP contribution in [0, 0.1) is 11.3 Å². The zero-order valence-corrected chi connectivity index (χ0v) is 12.1. The van der Waals surface area contributed by atoms with Crippen molar-refractivity contribution in [3.8, 4) is 11.8 Å². The maximum atomic E-state index is 12.1. The van der Waals surface area contributed by atoms with Crippen molar-refractivity contribution in [1.82, 2.24) is 0 Å². The third-order valence-corrected chi connectivity index (χ3v) is 3.13. The third-order valence-electron chi connectivity index (χ3n) is 2.82. The van der Waals surface area contributed by atoms with Crippen molar-refractivity contribution in [3.05, 3.63) is 59.1 Å². The molecule has 4 nitrogen and oxygen atoms in total. The lowest BCUT2D eigenvalue weighted by Crippen LogP contribution is -2.30. The van der Waals surface area contributed by atoms with Crippen molar-refractivity contribution < 1.29 is 9.53 Å². The molecular weight excluding hydrogens is 288 g/mol. The lowest BCUT2D eigenvalue weighted by molar-refractivity contribution is -0.122. The Kier molecular flexibility index (Phi) is 4.81. The number of nitrogens with zero attached hydrogens (tertiary/aromatic N) is 1. The van der Waals surface area contributed by atoms with E-state index < -0.39 is 6.10 Å². The van der Waals surface area contributed by atoms with E-state index in [-0.39, 0.29) is 5.91 Å². The summed E-state index contributed by atoms with van der Waals surface area (Å²) in [6.45, 7) is 1.62. The molecule has 2 aromatic carbocycles. The predicted octanol–water partition coefficient (Wildman–Crippen LogP) is 3.62. The van der Waals surface area contributed by atoms with E-state index in [0.717, 1.165) is 0 Å². The van der Waals surface area contributed by atoms with Crippen molar-refractivity contribution in [2.75, 3.05) is 5.32 Å². The number of para-hydroxylation sites is 2. The van der Waals surface area contributed by atoms with E-state index in [4.69, 9.17) is 21.6 Å². The quantitative estimate of drug-likeness (QED) is 0.938. The molecule has 0 aromatic heterocycles. The highest BCUT2D eigenvalue weighted by Gasteiger charge is 2.17. The number of anilines is 1. The van der Waals surface area contributed by atoms with Crippen molar-refractivity contribution in [3.63, 3.8) is 0 Å². The number of rotatable bonds is 4. The van der Waals surface area contributed by atoms with Gasteiger partial charge >= 0.3 is 0 Å². The number of ether oxygens (including phenoxy) is 1. The first kappa shape index (κ1) is 14.9. The van der Waals surface area contributed by atoms with Crippen LogP contribution in [0.2, 0.25) is 5.02 Å². The second-order valence-electron chi connectivity index (χ2n) is 4.34. The molecule has 0 aliphatic rings. The molecule has 2 aromatic rings. The van der Waals surface area contributed by atoms with E-state index in [9.17, 15) is 4.79 Å². The monoisotopic (exact) mass is 300 g/mol. The molecule has 1 amide bonds. The number of hydrogen-bond acceptors (Lipinski definition) is 3. The van der Waals surface area contributed by atoms with Crippen molar-refractivity contribution in [1.29, 1.82) is 5.26 Å². The Morgan fingerprint density at radius 1 is 1.24 bits per heavy atom. The molecule has 0 heterocycles. The van der Waals surface area contributed by atoms with Gasteiger partial charge in [-0.1, -0.05) is 35.9 Å². The van der Waals surface area contributed by atoms with E-state index >= 15 is 0 Å². The summed E-state index contributed by atoms with van der Waals surface area (Å²) in [6, 6.07) is 15.7. The van der Waals surface area contributed by atoms with Crippen LogP contribution in [0.5, 0.6) is 5.75 Å². The van der Waals surface area contributed by atoms with E-state index in [1.807, 2.05) is 6.07 Å². The van der Waals surface area contributed by atoms with Crippen molar-refractivity contribution >= 4 is 23.2 Å². The Morgan fingerprint density at radius 2 is 1.90 bits per heavy atom. The molecule has 0 saturated carbocycles. The normalized spacial score (nSPS) is 11.3. The van der Waals surface area contributed by atoms with Gasteiger partial charge in [-0.3, -0.25) is 4.79 Å². The summed E-state index contributed by atoms with van der Waals surface area (Å²) in [4.78, 5) is 12.1. The molecule has 0 spiro atoms. The maximum absolute atomic E-state index is 12.1. The molecule has 0 saturated heterocycles. The highest BCUT2D eigenvalue weighted by Crippen LogP contribution is 2.24. The van der Waals surface area contributed by atoms with Crippen LogP contribution in [0.3, 0.4) is 0 Å². The summed E-state index contributed by atoms with van der Waals surface area (Å²) in [7, 11) is 0. The Morgan fingerprint density at radius 3 is 2.62 bits per heavy atom. The zero-order valence-electron chi connectivity index (χ0n) is 11.3. The fourth-order valence-corrected chi connectivity index (χ4v) is 1.89. The van der Waals surface area contributed by atoms with Crippen LogP contribution in [0.25, 0.3) is 0 Å². The molecule has 0 radical (unpaired) electrons. The smallest absolute Gasteiger partial charge is 0.265 e. The van der Waals surface area contributed by atoms with Gasteiger partial charge in [0.15, 0.2) is 6.10 Å². The molecule has 0 unspecified atom stereocenters. The average Bonchev–Trinajstić information content (AvgIpc) is 2.50. The summed E-state index contributed by atoms with van der Waals surface area (Å²) in [6.07, 6.45) is -0.739. The Labute approximate surface area is 127 Å². The molecule has 1 atom stereocenters. The highest BCUT2D eigenvalue weighted by molar-refractivity contribution is 6.32. The first-order valence-corrected chi connectivity index (χ1v) is 6.71. The number of benzene rings is 2. The molecule has 0 aliphatic carbocycles. The number of nitriles is 1. The predicted molar refractivity (Wildman–Crippen MR) is 81.3 cm³/mol. The fraction of sp³-hybridized carbons (Fsp3) is 0.125. The van der Waals surface area contributed by atoms with Gasteiger partial charge in [0.1, 0.15) is 11.8 Å². The lowest BCUT2D eigenvalue weighted by atomic mass is 10.2.